The smallest absolute Gasteiger partial charge is 0.406 e. The van der Waals surface area contributed by atoms with Crippen molar-refractivity contribution < 1.29 is 22.7 Å². The lowest BCUT2D eigenvalue weighted by atomic mass is 10.0. The molecule has 3 rings (SSSR count). The highest BCUT2D eigenvalue weighted by molar-refractivity contribution is 5.80. The summed E-state index contributed by atoms with van der Waals surface area (Å²) in [5.41, 5.74) is 2.21. The van der Waals surface area contributed by atoms with E-state index in [1.807, 2.05) is 30.5 Å². The van der Waals surface area contributed by atoms with Gasteiger partial charge in [-0.2, -0.15) is 0 Å². The van der Waals surface area contributed by atoms with Gasteiger partial charge in [-0.15, -0.1) is 13.2 Å². The van der Waals surface area contributed by atoms with Gasteiger partial charge in [-0.1, -0.05) is 24.0 Å². The monoisotopic (exact) mass is 372 g/mol. The van der Waals surface area contributed by atoms with Crippen LogP contribution in [0.5, 0.6) is 5.75 Å². The lowest BCUT2D eigenvalue weighted by molar-refractivity contribution is -0.274. The summed E-state index contributed by atoms with van der Waals surface area (Å²) in [7, 11) is 0. The van der Waals surface area contributed by atoms with Gasteiger partial charge in [0.1, 0.15) is 11.8 Å². The number of carbonyl (C=O) groups is 1. The van der Waals surface area contributed by atoms with E-state index in [1.54, 1.807) is 0 Å². The summed E-state index contributed by atoms with van der Waals surface area (Å²) >= 11 is 0. The Balaban J connectivity index is 1.84. The quantitative estimate of drug-likeness (QED) is 0.674. The Bertz CT molecular complexity index is 1010. The van der Waals surface area contributed by atoms with E-state index in [-0.39, 0.29) is 11.7 Å². The number of halogens is 3. The highest BCUT2D eigenvalue weighted by Crippen LogP contribution is 2.23. The van der Waals surface area contributed by atoms with Crippen LogP contribution >= 0.6 is 0 Å². The number of carbonyl (C=O) groups excluding carboxylic acids is 1. The SMILES string of the molecule is CC(=O)NC(C#Cc1ccc(OC(F)(F)F)cc1)c1ccc2cc[nH]c2c1. The number of alkyl halides is 3. The van der Waals surface area contributed by atoms with Gasteiger partial charge in [-0.3, -0.25) is 4.79 Å². The normalized spacial score (nSPS) is 12.1. The first kappa shape index (κ1) is 18.4. The molecule has 0 radical (unpaired) electrons. The highest BCUT2D eigenvalue weighted by atomic mass is 19.4. The minimum atomic E-state index is -4.74. The van der Waals surface area contributed by atoms with E-state index in [9.17, 15) is 18.0 Å². The van der Waals surface area contributed by atoms with Gasteiger partial charge in [0.05, 0.1) is 0 Å². The van der Waals surface area contributed by atoms with Crippen LogP contribution in [0.25, 0.3) is 10.9 Å². The second-order valence-corrected chi connectivity index (χ2v) is 5.80. The number of hydrogen-bond donors (Lipinski definition) is 2. The van der Waals surface area contributed by atoms with Crippen LogP contribution in [0.15, 0.2) is 54.7 Å². The zero-order chi connectivity index (χ0) is 19.4. The molecule has 1 atom stereocenters. The largest absolute Gasteiger partial charge is 0.573 e. The Morgan fingerprint density at radius 3 is 2.56 bits per heavy atom. The Labute approximate surface area is 153 Å². The molecule has 138 valence electrons. The molecule has 1 amide bonds. The van der Waals surface area contributed by atoms with Crippen molar-refractivity contribution in [2.24, 2.45) is 0 Å². The van der Waals surface area contributed by atoms with Crippen molar-refractivity contribution >= 4 is 16.8 Å². The molecule has 4 nitrogen and oxygen atoms in total. The van der Waals surface area contributed by atoms with Crippen LogP contribution in [0.4, 0.5) is 13.2 Å². The van der Waals surface area contributed by atoms with E-state index < -0.39 is 12.4 Å². The minimum Gasteiger partial charge on any atom is -0.406 e. The summed E-state index contributed by atoms with van der Waals surface area (Å²) in [5.74, 6) is 5.26. The van der Waals surface area contributed by atoms with Crippen LogP contribution in [0, 0.1) is 11.8 Å². The first-order chi connectivity index (χ1) is 12.8. The van der Waals surface area contributed by atoms with Gasteiger partial charge in [0, 0.05) is 24.2 Å². The van der Waals surface area contributed by atoms with E-state index in [1.165, 1.54) is 31.2 Å². The fourth-order valence-electron chi connectivity index (χ4n) is 2.55. The minimum absolute atomic E-state index is 0.241. The zero-order valence-corrected chi connectivity index (χ0v) is 14.2. The van der Waals surface area contributed by atoms with E-state index in [2.05, 4.69) is 26.9 Å². The Kier molecular flexibility index (Phi) is 5.08. The van der Waals surface area contributed by atoms with Gasteiger partial charge in [-0.25, -0.2) is 0 Å². The number of amides is 1. The van der Waals surface area contributed by atoms with E-state index >= 15 is 0 Å². The summed E-state index contributed by atoms with van der Waals surface area (Å²) in [6.07, 6.45) is -2.92. The number of ether oxygens (including phenoxy) is 1. The van der Waals surface area contributed by atoms with Gasteiger partial charge in [0.25, 0.3) is 0 Å². The molecule has 0 aliphatic heterocycles. The van der Waals surface area contributed by atoms with Gasteiger partial charge in [0.2, 0.25) is 5.91 Å². The van der Waals surface area contributed by atoms with Crippen LogP contribution in [0.2, 0.25) is 0 Å². The van der Waals surface area contributed by atoms with Crippen molar-refractivity contribution in [3.63, 3.8) is 0 Å². The third-order valence-corrected chi connectivity index (χ3v) is 3.71. The molecular formula is C20H15F3N2O2. The summed E-state index contributed by atoms with van der Waals surface area (Å²) in [4.78, 5) is 14.6. The van der Waals surface area contributed by atoms with Crippen molar-refractivity contribution in [2.45, 2.75) is 19.3 Å². The molecule has 7 heteroatoms. The Morgan fingerprint density at radius 2 is 1.89 bits per heavy atom. The molecule has 27 heavy (non-hydrogen) atoms. The fraction of sp³-hybridized carbons (Fsp3) is 0.150. The molecule has 0 aliphatic carbocycles. The lowest BCUT2D eigenvalue weighted by Gasteiger charge is -2.12. The third kappa shape index (κ3) is 5.05. The number of benzene rings is 2. The first-order valence-corrected chi connectivity index (χ1v) is 8.02. The van der Waals surface area contributed by atoms with E-state index in [0.29, 0.717) is 5.56 Å². The number of rotatable bonds is 3. The van der Waals surface area contributed by atoms with Gasteiger partial charge in [0.15, 0.2) is 0 Å². The second-order valence-electron chi connectivity index (χ2n) is 5.80. The van der Waals surface area contributed by atoms with Gasteiger partial charge >= 0.3 is 6.36 Å². The van der Waals surface area contributed by atoms with Gasteiger partial charge < -0.3 is 15.0 Å². The molecule has 2 aromatic carbocycles. The van der Waals surface area contributed by atoms with Crippen molar-refractivity contribution in [3.05, 3.63) is 65.9 Å². The summed E-state index contributed by atoms with van der Waals surface area (Å²) in [5, 5.41) is 3.80. The zero-order valence-electron chi connectivity index (χ0n) is 14.2. The fourth-order valence-corrected chi connectivity index (χ4v) is 2.55. The number of fused-ring (bicyclic) bond motifs is 1. The number of H-pyrrole nitrogens is 1. The topological polar surface area (TPSA) is 54.1 Å². The highest BCUT2D eigenvalue weighted by Gasteiger charge is 2.30. The Morgan fingerprint density at radius 1 is 1.15 bits per heavy atom. The molecule has 1 aromatic heterocycles. The van der Waals surface area contributed by atoms with Crippen molar-refractivity contribution in [1.29, 1.82) is 0 Å². The number of aromatic amines is 1. The molecule has 0 bridgehead atoms. The summed E-state index contributed by atoms with van der Waals surface area (Å²) < 4.78 is 40.4. The molecule has 2 N–H and O–H groups in total. The van der Waals surface area contributed by atoms with Crippen molar-refractivity contribution in [3.8, 4) is 17.6 Å². The summed E-state index contributed by atoms with van der Waals surface area (Å²) in [6, 6.07) is 12.3. The van der Waals surface area contributed by atoms with Crippen LogP contribution in [-0.2, 0) is 4.79 Å². The molecule has 0 spiro atoms. The summed E-state index contributed by atoms with van der Waals surface area (Å²) in [6.45, 7) is 1.39. The molecule has 1 heterocycles. The van der Waals surface area contributed by atoms with Crippen LogP contribution in [0.1, 0.15) is 24.1 Å². The van der Waals surface area contributed by atoms with Crippen molar-refractivity contribution in [1.82, 2.24) is 10.3 Å². The van der Waals surface area contributed by atoms with Crippen LogP contribution < -0.4 is 10.1 Å². The molecular weight excluding hydrogens is 357 g/mol. The average molecular weight is 372 g/mol. The molecule has 0 fully saturated rings. The van der Waals surface area contributed by atoms with E-state index in [4.69, 9.17) is 0 Å². The molecule has 0 saturated heterocycles. The number of nitrogens with one attached hydrogen (secondary N) is 2. The van der Waals surface area contributed by atoms with E-state index in [0.717, 1.165) is 16.5 Å². The number of aromatic nitrogens is 1. The molecule has 1 unspecified atom stereocenters. The first-order valence-electron chi connectivity index (χ1n) is 8.02. The lowest BCUT2D eigenvalue weighted by Crippen LogP contribution is -2.24. The maximum absolute atomic E-state index is 12.2. The number of hydrogen-bond acceptors (Lipinski definition) is 2. The van der Waals surface area contributed by atoms with Crippen LogP contribution in [-0.4, -0.2) is 17.3 Å². The predicted octanol–water partition coefficient (Wildman–Crippen LogP) is 4.30. The third-order valence-electron chi connectivity index (χ3n) is 3.71. The predicted molar refractivity (Wildman–Crippen MR) is 94.9 cm³/mol. The molecule has 0 aliphatic rings. The molecule has 0 saturated carbocycles. The van der Waals surface area contributed by atoms with Crippen molar-refractivity contribution in [2.75, 3.05) is 0 Å². The maximum Gasteiger partial charge on any atom is 0.573 e. The van der Waals surface area contributed by atoms with Crippen LogP contribution in [0.3, 0.4) is 0 Å². The average Bonchev–Trinajstić information content (AvgIpc) is 3.06. The Hall–Kier alpha value is -3.40. The standard InChI is InChI=1S/C20H15F3N2O2/c1-13(26)25-18(16-6-5-15-10-11-24-19(15)12-16)9-4-14-2-7-17(8-3-14)27-20(21,22)23/h2-3,5-8,10-12,18,24H,1H3,(H,25,26). The second kappa shape index (κ2) is 7.46. The van der Waals surface area contributed by atoms with Gasteiger partial charge in [-0.05, 0) is 47.3 Å². The molecule has 3 aromatic rings. The maximum atomic E-state index is 12.2.